The molecule has 0 aromatic heterocycles. The first-order valence-electron chi connectivity index (χ1n) is 11.7. The number of hydrogen-bond donors (Lipinski definition) is 0. The van der Waals surface area contributed by atoms with Gasteiger partial charge in [-0.05, 0) is 64.2 Å². The first-order valence-corrected chi connectivity index (χ1v) is 11.7. The number of rotatable bonds is 2. The number of anilines is 2. The van der Waals surface area contributed by atoms with E-state index in [1.807, 2.05) is 0 Å². The first-order chi connectivity index (χ1) is 16.1. The van der Waals surface area contributed by atoms with Crippen molar-refractivity contribution in [1.82, 2.24) is 4.90 Å². The Balaban J connectivity index is 1.33. The molecule has 0 saturated heterocycles. The Morgan fingerprint density at radius 3 is 2.55 bits per heavy atom. The minimum absolute atomic E-state index is 0.230. The minimum Gasteiger partial charge on any atom is -0.376 e. The summed E-state index contributed by atoms with van der Waals surface area (Å²) in [6.07, 6.45) is 12.3. The Morgan fingerprint density at radius 1 is 0.788 bits per heavy atom. The molecule has 0 N–H and O–H groups in total. The van der Waals surface area contributed by atoms with Gasteiger partial charge in [-0.15, -0.1) is 0 Å². The first kappa shape index (κ1) is 19.9. The second-order valence-electron chi connectivity index (χ2n) is 9.36. The third-order valence-corrected chi connectivity index (χ3v) is 7.25. The van der Waals surface area contributed by atoms with E-state index in [-0.39, 0.29) is 6.04 Å². The highest BCUT2D eigenvalue weighted by molar-refractivity contribution is 5.86. The largest absolute Gasteiger partial charge is 0.376 e. The Morgan fingerprint density at radius 2 is 1.64 bits per heavy atom. The Labute approximate surface area is 196 Å². The molecule has 0 spiro atoms. The zero-order chi connectivity index (χ0) is 22.5. The molecule has 0 fully saturated rings. The zero-order valence-electron chi connectivity index (χ0n) is 19.5. The molecule has 164 valence electrons. The fourth-order valence-electron chi connectivity index (χ4n) is 5.39. The molecule has 33 heavy (non-hydrogen) atoms. The van der Waals surface area contributed by atoms with Crippen LogP contribution >= 0.6 is 0 Å². The summed E-state index contributed by atoms with van der Waals surface area (Å²) in [5.41, 5.74) is 11.8. The van der Waals surface area contributed by atoms with E-state index in [0.717, 1.165) is 13.0 Å². The van der Waals surface area contributed by atoms with E-state index in [9.17, 15) is 0 Å². The number of likely N-dealkylation sites (N-methyl/N-ethyl adjacent to an activating group) is 1. The van der Waals surface area contributed by atoms with Crippen LogP contribution in [0.1, 0.15) is 39.4 Å². The molecule has 1 unspecified atom stereocenters. The number of allylic oxidation sites excluding steroid dienone is 1. The predicted octanol–water partition coefficient (Wildman–Crippen LogP) is 6.34. The van der Waals surface area contributed by atoms with Gasteiger partial charge in [0.1, 0.15) is 0 Å². The van der Waals surface area contributed by atoms with Gasteiger partial charge in [0.05, 0.1) is 6.04 Å². The summed E-state index contributed by atoms with van der Waals surface area (Å²) in [5.74, 6) is 0. The summed E-state index contributed by atoms with van der Waals surface area (Å²) in [5, 5.41) is 0. The van der Waals surface area contributed by atoms with Crippen LogP contribution in [0.4, 0.5) is 11.4 Å². The molecule has 3 heteroatoms. The van der Waals surface area contributed by atoms with Crippen molar-refractivity contribution in [2.45, 2.75) is 19.0 Å². The lowest BCUT2D eigenvalue weighted by Crippen LogP contribution is -2.26. The highest BCUT2D eigenvalue weighted by Crippen LogP contribution is 2.39. The van der Waals surface area contributed by atoms with E-state index in [4.69, 9.17) is 0 Å². The summed E-state index contributed by atoms with van der Waals surface area (Å²) in [6.45, 7) is 0.961. The number of fused-ring (bicyclic) bond motifs is 3. The quantitative estimate of drug-likeness (QED) is 0.469. The Kier molecular flexibility index (Phi) is 4.65. The lowest BCUT2D eigenvalue weighted by molar-refractivity contribution is 0.447. The average molecular weight is 432 g/mol. The molecule has 1 atom stereocenters. The standard InChI is InChI=1S/C30H29N3/c1-31-17-16-21-8-10-24(18-26(21)20-31)28-15-13-23-9-11-25(19-30(23)33(28)3)29-14-12-22-6-4-5-7-27(22)32(29)2/h4-11,13-19,28H,12,20H2,1-3H3. The average Bonchev–Trinajstić information content (AvgIpc) is 2.84. The highest BCUT2D eigenvalue weighted by atomic mass is 15.1. The maximum atomic E-state index is 2.42. The minimum atomic E-state index is 0.230. The third-order valence-electron chi connectivity index (χ3n) is 7.25. The molecule has 3 aliphatic heterocycles. The van der Waals surface area contributed by atoms with Gasteiger partial charge in [0.15, 0.2) is 0 Å². The molecule has 6 rings (SSSR count). The summed E-state index contributed by atoms with van der Waals surface area (Å²) >= 11 is 0. The van der Waals surface area contributed by atoms with Gasteiger partial charge in [-0.2, -0.15) is 0 Å². The van der Waals surface area contributed by atoms with Crippen LogP contribution < -0.4 is 9.80 Å². The van der Waals surface area contributed by atoms with E-state index in [2.05, 4.69) is 127 Å². The molecule has 3 nitrogen and oxygen atoms in total. The van der Waals surface area contributed by atoms with Gasteiger partial charge in [-0.1, -0.05) is 66.8 Å². The van der Waals surface area contributed by atoms with Crippen molar-refractivity contribution in [3.05, 3.63) is 112 Å². The molecular weight excluding hydrogens is 402 g/mol. The molecule has 0 bridgehead atoms. The van der Waals surface area contributed by atoms with Crippen LogP contribution in [0.2, 0.25) is 0 Å². The molecule has 0 radical (unpaired) electrons. The number of para-hydroxylation sites is 1. The van der Waals surface area contributed by atoms with Crippen molar-refractivity contribution >= 4 is 29.2 Å². The van der Waals surface area contributed by atoms with Crippen molar-refractivity contribution in [3.63, 3.8) is 0 Å². The fourth-order valence-corrected chi connectivity index (χ4v) is 5.39. The third kappa shape index (κ3) is 3.36. The smallest absolute Gasteiger partial charge is 0.0726 e. The SMILES string of the molecule is CN1C=Cc2ccc(C3C=Cc4ccc(C5=CCc6ccccc6N5C)cc4N3C)cc2C1. The fraction of sp³-hybridized carbons (Fsp3) is 0.200. The van der Waals surface area contributed by atoms with Crippen LogP contribution in [0.5, 0.6) is 0 Å². The van der Waals surface area contributed by atoms with Crippen LogP contribution in [0.15, 0.2) is 79.0 Å². The zero-order valence-corrected chi connectivity index (χ0v) is 19.5. The van der Waals surface area contributed by atoms with Crippen molar-refractivity contribution in [2.24, 2.45) is 0 Å². The molecule has 3 heterocycles. The highest BCUT2D eigenvalue weighted by Gasteiger charge is 2.24. The normalized spacial score (nSPS) is 18.6. The number of hydrogen-bond acceptors (Lipinski definition) is 3. The van der Waals surface area contributed by atoms with E-state index in [1.165, 1.54) is 50.5 Å². The topological polar surface area (TPSA) is 9.72 Å². The van der Waals surface area contributed by atoms with Gasteiger partial charge >= 0.3 is 0 Å². The lowest BCUT2D eigenvalue weighted by atomic mass is 9.92. The van der Waals surface area contributed by atoms with Crippen molar-refractivity contribution in [1.29, 1.82) is 0 Å². The van der Waals surface area contributed by atoms with Gasteiger partial charge in [-0.3, -0.25) is 0 Å². The number of benzene rings is 3. The Bertz CT molecular complexity index is 1330. The van der Waals surface area contributed by atoms with Gasteiger partial charge in [-0.25, -0.2) is 0 Å². The van der Waals surface area contributed by atoms with Gasteiger partial charge in [0, 0.05) is 44.8 Å². The maximum Gasteiger partial charge on any atom is 0.0726 e. The summed E-state index contributed by atoms with van der Waals surface area (Å²) in [7, 11) is 6.52. The molecule has 0 amide bonds. The van der Waals surface area contributed by atoms with Crippen LogP contribution in [0.25, 0.3) is 17.8 Å². The van der Waals surface area contributed by atoms with Gasteiger partial charge in [0.2, 0.25) is 0 Å². The van der Waals surface area contributed by atoms with E-state index in [0.29, 0.717) is 0 Å². The van der Waals surface area contributed by atoms with Crippen LogP contribution in [-0.4, -0.2) is 26.0 Å². The molecule has 3 aliphatic rings. The van der Waals surface area contributed by atoms with Crippen molar-refractivity contribution in [2.75, 3.05) is 30.9 Å². The molecule has 0 saturated carbocycles. The van der Waals surface area contributed by atoms with Crippen molar-refractivity contribution in [3.8, 4) is 0 Å². The van der Waals surface area contributed by atoms with Crippen LogP contribution in [-0.2, 0) is 13.0 Å². The molecule has 3 aromatic carbocycles. The van der Waals surface area contributed by atoms with E-state index >= 15 is 0 Å². The van der Waals surface area contributed by atoms with Crippen LogP contribution in [0.3, 0.4) is 0 Å². The van der Waals surface area contributed by atoms with Gasteiger partial charge in [0.25, 0.3) is 0 Å². The lowest BCUT2D eigenvalue weighted by Gasteiger charge is -2.35. The van der Waals surface area contributed by atoms with Crippen LogP contribution in [0, 0.1) is 0 Å². The van der Waals surface area contributed by atoms with E-state index in [1.54, 1.807) is 0 Å². The summed E-state index contributed by atoms with van der Waals surface area (Å²) in [6, 6.07) is 22.7. The summed E-state index contributed by atoms with van der Waals surface area (Å²) in [4.78, 5) is 6.98. The molecule has 3 aromatic rings. The Hall–Kier alpha value is -3.72. The molecule has 0 aliphatic carbocycles. The monoisotopic (exact) mass is 431 g/mol. The van der Waals surface area contributed by atoms with Crippen molar-refractivity contribution < 1.29 is 0 Å². The maximum absolute atomic E-state index is 2.42. The second kappa shape index (κ2) is 7.70. The predicted molar refractivity (Wildman–Crippen MR) is 140 cm³/mol. The number of nitrogens with zero attached hydrogens (tertiary/aromatic N) is 3. The second-order valence-corrected chi connectivity index (χ2v) is 9.36. The molecular formula is C30H29N3. The summed E-state index contributed by atoms with van der Waals surface area (Å²) < 4.78 is 0. The van der Waals surface area contributed by atoms with Gasteiger partial charge < -0.3 is 14.7 Å². The van der Waals surface area contributed by atoms with E-state index < -0.39 is 0 Å².